The average molecular weight is 404 g/mol. The highest BCUT2D eigenvalue weighted by Crippen LogP contribution is 2.33. The smallest absolute Gasteiger partial charge is 0.317 e. The van der Waals surface area contributed by atoms with Gasteiger partial charge in [-0.3, -0.25) is 4.79 Å². The Kier molecular flexibility index (Phi) is 7.66. The van der Waals surface area contributed by atoms with Gasteiger partial charge < -0.3 is 24.6 Å². The predicted octanol–water partition coefficient (Wildman–Crippen LogP) is 2.30. The molecule has 0 saturated carbocycles. The van der Waals surface area contributed by atoms with Crippen LogP contribution in [0.25, 0.3) is 0 Å². The van der Waals surface area contributed by atoms with E-state index in [1.807, 2.05) is 0 Å². The molecule has 26 heavy (non-hydrogen) atoms. The molecule has 2 rings (SSSR count). The zero-order valence-electron chi connectivity index (χ0n) is 14.8. The number of benzene rings is 1. The van der Waals surface area contributed by atoms with Crippen LogP contribution in [0.1, 0.15) is 6.42 Å². The first-order chi connectivity index (χ1) is 12.5. The summed E-state index contributed by atoms with van der Waals surface area (Å²) in [6, 6.07) is 4.73. The zero-order chi connectivity index (χ0) is 19.1. The van der Waals surface area contributed by atoms with E-state index in [4.69, 9.17) is 32.7 Å². The number of carbonyl (C=O) groups excluding carboxylic acids is 2. The van der Waals surface area contributed by atoms with Crippen molar-refractivity contribution in [1.29, 1.82) is 0 Å². The van der Waals surface area contributed by atoms with Crippen LogP contribution in [0, 0.1) is 0 Å². The van der Waals surface area contributed by atoms with Crippen LogP contribution in [0.3, 0.4) is 0 Å². The molecule has 0 radical (unpaired) electrons. The number of hydrogen-bond acceptors (Lipinski definition) is 4. The van der Waals surface area contributed by atoms with Crippen molar-refractivity contribution in [1.82, 2.24) is 10.2 Å². The standard InChI is InChI=1S/C17H23Cl2N3O4/c1-25-14-4-3-13(10-15(14)26-2)22-11-12(9-16(22)23)20-17(24)21(7-5-18)8-6-19/h3-4,10,12H,5-9,11H2,1-2H3,(H,20,24)/t12-/m1/s1. The summed E-state index contributed by atoms with van der Waals surface area (Å²) in [6.45, 7) is 1.19. The second-order valence-corrected chi connectivity index (χ2v) is 6.52. The third kappa shape index (κ3) is 4.86. The summed E-state index contributed by atoms with van der Waals surface area (Å²) in [5.41, 5.74) is 0.697. The van der Waals surface area contributed by atoms with Gasteiger partial charge in [0.05, 0.1) is 20.3 Å². The lowest BCUT2D eigenvalue weighted by Gasteiger charge is -2.23. The Morgan fingerprint density at radius 2 is 1.88 bits per heavy atom. The molecule has 1 atom stereocenters. The summed E-state index contributed by atoms with van der Waals surface area (Å²) >= 11 is 11.4. The van der Waals surface area contributed by atoms with Crippen molar-refractivity contribution in [2.75, 3.05) is 50.5 Å². The largest absolute Gasteiger partial charge is 0.493 e. The van der Waals surface area contributed by atoms with Crippen LogP contribution in [0.15, 0.2) is 18.2 Å². The Morgan fingerprint density at radius 1 is 1.23 bits per heavy atom. The van der Waals surface area contributed by atoms with Gasteiger partial charge in [0, 0.05) is 49.6 Å². The van der Waals surface area contributed by atoms with E-state index < -0.39 is 0 Å². The number of amides is 3. The number of halogens is 2. The Hall–Kier alpha value is -1.86. The molecule has 1 heterocycles. The van der Waals surface area contributed by atoms with Gasteiger partial charge in [-0.25, -0.2) is 4.79 Å². The monoisotopic (exact) mass is 403 g/mol. The SMILES string of the molecule is COc1ccc(N2C[C@H](NC(=O)N(CCCl)CCCl)CC2=O)cc1OC. The van der Waals surface area contributed by atoms with Gasteiger partial charge in [-0.1, -0.05) is 0 Å². The lowest BCUT2D eigenvalue weighted by Crippen LogP contribution is -2.47. The summed E-state index contributed by atoms with van der Waals surface area (Å²) in [4.78, 5) is 27.9. The summed E-state index contributed by atoms with van der Waals surface area (Å²) < 4.78 is 10.5. The molecule has 1 aromatic rings. The molecule has 1 fully saturated rings. The number of nitrogens with zero attached hydrogens (tertiary/aromatic N) is 2. The third-order valence-electron chi connectivity index (χ3n) is 4.13. The molecule has 1 aliphatic rings. The number of methoxy groups -OCH3 is 2. The van der Waals surface area contributed by atoms with E-state index in [2.05, 4.69) is 5.32 Å². The van der Waals surface area contributed by atoms with Crippen molar-refractivity contribution in [2.24, 2.45) is 0 Å². The molecular formula is C17H23Cl2N3O4. The first kappa shape index (κ1) is 20.5. The van der Waals surface area contributed by atoms with Crippen LogP contribution >= 0.6 is 23.2 Å². The number of nitrogens with one attached hydrogen (secondary N) is 1. The second-order valence-electron chi connectivity index (χ2n) is 5.76. The molecular weight excluding hydrogens is 381 g/mol. The first-order valence-electron chi connectivity index (χ1n) is 8.23. The Morgan fingerprint density at radius 3 is 2.46 bits per heavy atom. The number of alkyl halides is 2. The van der Waals surface area contributed by atoms with Gasteiger partial charge in [-0.05, 0) is 12.1 Å². The van der Waals surface area contributed by atoms with Crippen LogP contribution in [0.5, 0.6) is 11.5 Å². The van der Waals surface area contributed by atoms with E-state index in [1.54, 1.807) is 42.2 Å². The Labute approximate surface area is 163 Å². The van der Waals surface area contributed by atoms with Crippen LogP contribution in [-0.4, -0.2) is 68.5 Å². The van der Waals surface area contributed by atoms with E-state index in [0.29, 0.717) is 48.6 Å². The van der Waals surface area contributed by atoms with Crippen molar-refractivity contribution >= 4 is 40.8 Å². The second kappa shape index (κ2) is 9.73. The van der Waals surface area contributed by atoms with E-state index >= 15 is 0 Å². The van der Waals surface area contributed by atoms with Crippen LogP contribution in [0.2, 0.25) is 0 Å². The maximum absolute atomic E-state index is 12.4. The third-order valence-corrected chi connectivity index (χ3v) is 4.47. The summed E-state index contributed by atoms with van der Waals surface area (Å²) in [6.07, 6.45) is 0.232. The van der Waals surface area contributed by atoms with Gasteiger partial charge in [-0.2, -0.15) is 0 Å². The molecule has 144 valence electrons. The van der Waals surface area contributed by atoms with Crippen LogP contribution in [0.4, 0.5) is 10.5 Å². The summed E-state index contributed by atoms with van der Waals surface area (Å²) in [5, 5.41) is 2.88. The topological polar surface area (TPSA) is 71.1 Å². The Balaban J connectivity index is 2.05. The van der Waals surface area contributed by atoms with Gasteiger partial charge in [0.25, 0.3) is 0 Å². The van der Waals surface area contributed by atoms with Crippen LogP contribution in [-0.2, 0) is 4.79 Å². The number of ether oxygens (including phenoxy) is 2. The highest BCUT2D eigenvalue weighted by atomic mass is 35.5. The molecule has 0 unspecified atom stereocenters. The fraction of sp³-hybridized carbons (Fsp3) is 0.529. The molecule has 7 nitrogen and oxygen atoms in total. The van der Waals surface area contributed by atoms with Crippen molar-refractivity contribution < 1.29 is 19.1 Å². The van der Waals surface area contributed by atoms with Crippen molar-refractivity contribution in [3.63, 3.8) is 0 Å². The van der Waals surface area contributed by atoms with Gasteiger partial charge in [0.2, 0.25) is 5.91 Å². The van der Waals surface area contributed by atoms with Gasteiger partial charge in [0.1, 0.15) is 0 Å². The molecule has 1 aromatic carbocycles. The highest BCUT2D eigenvalue weighted by molar-refractivity contribution is 6.18. The van der Waals surface area contributed by atoms with E-state index in [-0.39, 0.29) is 24.4 Å². The molecule has 1 N–H and O–H groups in total. The summed E-state index contributed by atoms with van der Waals surface area (Å²) in [5.74, 6) is 1.71. The van der Waals surface area contributed by atoms with Gasteiger partial charge in [-0.15, -0.1) is 23.2 Å². The molecule has 1 saturated heterocycles. The normalized spacial score (nSPS) is 16.5. The number of hydrogen-bond donors (Lipinski definition) is 1. The van der Waals surface area contributed by atoms with Gasteiger partial charge in [0.15, 0.2) is 11.5 Å². The molecule has 0 aromatic heterocycles. The fourth-order valence-corrected chi connectivity index (χ4v) is 3.24. The van der Waals surface area contributed by atoms with Crippen molar-refractivity contribution in [3.8, 4) is 11.5 Å². The molecule has 9 heteroatoms. The van der Waals surface area contributed by atoms with Crippen molar-refractivity contribution in [3.05, 3.63) is 18.2 Å². The summed E-state index contributed by atoms with van der Waals surface area (Å²) in [7, 11) is 3.09. The molecule has 1 aliphatic heterocycles. The lowest BCUT2D eigenvalue weighted by atomic mass is 10.2. The predicted molar refractivity (Wildman–Crippen MR) is 102 cm³/mol. The van der Waals surface area contributed by atoms with E-state index in [0.717, 1.165) is 0 Å². The molecule has 3 amide bonds. The number of urea groups is 1. The first-order valence-corrected chi connectivity index (χ1v) is 9.30. The molecule has 0 bridgehead atoms. The maximum atomic E-state index is 12.4. The lowest BCUT2D eigenvalue weighted by molar-refractivity contribution is -0.117. The van der Waals surface area contributed by atoms with Crippen molar-refractivity contribution in [2.45, 2.75) is 12.5 Å². The van der Waals surface area contributed by atoms with Crippen LogP contribution < -0.4 is 19.7 Å². The van der Waals surface area contributed by atoms with E-state index in [1.165, 1.54) is 0 Å². The average Bonchev–Trinajstić information content (AvgIpc) is 3.00. The number of rotatable bonds is 8. The quantitative estimate of drug-likeness (QED) is 0.675. The number of carbonyl (C=O) groups is 2. The molecule has 0 spiro atoms. The minimum atomic E-state index is -0.281. The zero-order valence-corrected chi connectivity index (χ0v) is 16.3. The number of anilines is 1. The Bertz CT molecular complexity index is 638. The minimum absolute atomic E-state index is 0.0660. The minimum Gasteiger partial charge on any atom is -0.493 e. The molecule has 0 aliphatic carbocycles. The maximum Gasteiger partial charge on any atom is 0.317 e. The fourth-order valence-electron chi connectivity index (χ4n) is 2.83. The van der Waals surface area contributed by atoms with E-state index in [9.17, 15) is 9.59 Å². The van der Waals surface area contributed by atoms with Gasteiger partial charge >= 0.3 is 6.03 Å². The highest BCUT2D eigenvalue weighted by Gasteiger charge is 2.32.